The number of carbonyl (C=O) groups is 1. The Bertz CT molecular complexity index is 628. The van der Waals surface area contributed by atoms with Gasteiger partial charge in [-0.15, -0.1) is 0 Å². The Balaban J connectivity index is 2.02. The highest BCUT2D eigenvalue weighted by molar-refractivity contribution is 9.10. The van der Waals surface area contributed by atoms with Gasteiger partial charge in [0.25, 0.3) is 0 Å². The first kappa shape index (κ1) is 21.0. The summed E-state index contributed by atoms with van der Waals surface area (Å²) in [5, 5.41) is 0. The van der Waals surface area contributed by atoms with E-state index < -0.39 is 5.60 Å². The topological polar surface area (TPSA) is 42.0 Å². The van der Waals surface area contributed by atoms with Crippen LogP contribution in [0.2, 0.25) is 0 Å². The summed E-state index contributed by atoms with van der Waals surface area (Å²) in [6.45, 7) is 14.9. The molecule has 146 valence electrons. The maximum absolute atomic E-state index is 12.4. The number of rotatable bonds is 4. The van der Waals surface area contributed by atoms with Crippen LogP contribution >= 0.6 is 15.9 Å². The quantitative estimate of drug-likeness (QED) is 0.700. The standard InChI is InChI=1S/C20H31BrN2O3/c1-14(2)25-18-16(8-7-9-17(18)21)13-22-10-11-23(15(3)12-22)19(24)26-20(4,5)6/h7-9,14-15H,10-13H2,1-6H3. The molecule has 5 nitrogen and oxygen atoms in total. The summed E-state index contributed by atoms with van der Waals surface area (Å²) in [7, 11) is 0. The van der Waals surface area contributed by atoms with Crippen molar-refractivity contribution in [1.82, 2.24) is 9.80 Å². The van der Waals surface area contributed by atoms with Crippen molar-refractivity contribution in [2.45, 2.75) is 65.8 Å². The lowest BCUT2D eigenvalue weighted by Gasteiger charge is -2.40. The number of nitrogens with zero attached hydrogens (tertiary/aromatic N) is 2. The average Bonchev–Trinajstić information content (AvgIpc) is 2.48. The van der Waals surface area contributed by atoms with Crippen LogP contribution in [0, 0.1) is 0 Å². The SMILES string of the molecule is CC(C)Oc1c(Br)cccc1CN1CCN(C(=O)OC(C)(C)C)C(C)C1. The summed E-state index contributed by atoms with van der Waals surface area (Å²) >= 11 is 3.60. The summed E-state index contributed by atoms with van der Waals surface area (Å²) in [4.78, 5) is 16.6. The molecule has 0 spiro atoms. The minimum atomic E-state index is -0.465. The molecule has 1 saturated heterocycles. The molecule has 1 fully saturated rings. The van der Waals surface area contributed by atoms with Gasteiger partial charge < -0.3 is 14.4 Å². The van der Waals surface area contributed by atoms with E-state index in [0.717, 1.165) is 35.4 Å². The van der Waals surface area contributed by atoms with Gasteiger partial charge in [-0.2, -0.15) is 0 Å². The van der Waals surface area contributed by atoms with E-state index in [1.165, 1.54) is 0 Å². The van der Waals surface area contributed by atoms with Crippen LogP contribution in [0.3, 0.4) is 0 Å². The van der Waals surface area contributed by atoms with Gasteiger partial charge in [0.05, 0.1) is 10.6 Å². The third kappa shape index (κ3) is 5.88. The fraction of sp³-hybridized carbons (Fsp3) is 0.650. The van der Waals surface area contributed by atoms with E-state index >= 15 is 0 Å². The van der Waals surface area contributed by atoms with Crippen molar-refractivity contribution in [3.63, 3.8) is 0 Å². The number of halogens is 1. The van der Waals surface area contributed by atoms with Gasteiger partial charge in [0, 0.05) is 37.8 Å². The van der Waals surface area contributed by atoms with Gasteiger partial charge in [-0.3, -0.25) is 4.90 Å². The smallest absolute Gasteiger partial charge is 0.410 e. The first-order valence-corrected chi connectivity index (χ1v) is 10.0. The molecule has 1 amide bonds. The molecule has 0 N–H and O–H groups in total. The minimum absolute atomic E-state index is 0.111. The Morgan fingerprint density at radius 3 is 2.58 bits per heavy atom. The van der Waals surface area contributed by atoms with Crippen molar-refractivity contribution in [3.05, 3.63) is 28.2 Å². The molecular formula is C20H31BrN2O3. The molecule has 0 radical (unpaired) electrons. The zero-order valence-corrected chi connectivity index (χ0v) is 18.3. The number of benzene rings is 1. The second-order valence-electron chi connectivity index (χ2n) is 8.15. The zero-order valence-electron chi connectivity index (χ0n) is 16.7. The predicted molar refractivity (Wildman–Crippen MR) is 108 cm³/mol. The Hall–Kier alpha value is -1.27. The molecular weight excluding hydrogens is 396 g/mol. The van der Waals surface area contributed by atoms with Gasteiger partial charge in [-0.25, -0.2) is 4.79 Å². The molecule has 1 aromatic rings. The van der Waals surface area contributed by atoms with E-state index in [-0.39, 0.29) is 18.2 Å². The second-order valence-corrected chi connectivity index (χ2v) is 9.01. The molecule has 0 saturated carbocycles. The molecule has 0 aromatic heterocycles. The van der Waals surface area contributed by atoms with Crippen LogP contribution in [0.25, 0.3) is 0 Å². The van der Waals surface area contributed by atoms with Crippen LogP contribution in [0.4, 0.5) is 4.79 Å². The lowest BCUT2D eigenvalue weighted by atomic mass is 10.1. The first-order chi connectivity index (χ1) is 12.1. The maximum Gasteiger partial charge on any atom is 0.410 e. The summed E-state index contributed by atoms with van der Waals surface area (Å²) in [6, 6.07) is 6.25. The van der Waals surface area contributed by atoms with Crippen LogP contribution in [0.15, 0.2) is 22.7 Å². The van der Waals surface area contributed by atoms with Crippen LogP contribution in [-0.4, -0.2) is 53.3 Å². The third-order valence-electron chi connectivity index (χ3n) is 4.14. The Morgan fingerprint density at radius 2 is 2.00 bits per heavy atom. The summed E-state index contributed by atoms with van der Waals surface area (Å²) in [5.41, 5.74) is 0.693. The van der Waals surface area contributed by atoms with Crippen LogP contribution in [-0.2, 0) is 11.3 Å². The van der Waals surface area contributed by atoms with E-state index in [0.29, 0.717) is 6.54 Å². The summed E-state index contributed by atoms with van der Waals surface area (Å²) in [5.74, 6) is 0.907. The number of hydrogen-bond donors (Lipinski definition) is 0. The number of ether oxygens (including phenoxy) is 2. The Kier molecular flexibility index (Phi) is 6.97. The van der Waals surface area contributed by atoms with Crippen LogP contribution in [0.5, 0.6) is 5.75 Å². The van der Waals surface area contributed by atoms with Crippen molar-refractivity contribution >= 4 is 22.0 Å². The predicted octanol–water partition coefficient (Wildman–Crippen LogP) is 4.68. The molecule has 1 heterocycles. The highest BCUT2D eigenvalue weighted by atomic mass is 79.9. The fourth-order valence-electron chi connectivity index (χ4n) is 3.06. The second kappa shape index (κ2) is 8.61. The number of para-hydroxylation sites is 1. The number of amides is 1. The van der Waals surface area contributed by atoms with Gasteiger partial charge in [-0.05, 0) is 63.5 Å². The van der Waals surface area contributed by atoms with Crippen molar-refractivity contribution in [2.24, 2.45) is 0 Å². The molecule has 1 aliphatic heterocycles. The molecule has 6 heteroatoms. The molecule has 0 aliphatic carbocycles. The number of carbonyl (C=O) groups excluding carboxylic acids is 1. The Morgan fingerprint density at radius 1 is 1.31 bits per heavy atom. The van der Waals surface area contributed by atoms with Gasteiger partial charge >= 0.3 is 6.09 Å². The monoisotopic (exact) mass is 426 g/mol. The number of piperazine rings is 1. The van der Waals surface area contributed by atoms with Gasteiger partial charge in [-0.1, -0.05) is 12.1 Å². The zero-order chi connectivity index (χ0) is 19.5. The van der Waals surface area contributed by atoms with E-state index in [4.69, 9.17) is 9.47 Å². The van der Waals surface area contributed by atoms with Gasteiger partial charge in [0.2, 0.25) is 0 Å². The van der Waals surface area contributed by atoms with Crippen molar-refractivity contribution in [2.75, 3.05) is 19.6 Å². The van der Waals surface area contributed by atoms with Gasteiger partial charge in [0.1, 0.15) is 11.4 Å². The molecule has 26 heavy (non-hydrogen) atoms. The molecule has 0 bridgehead atoms. The largest absolute Gasteiger partial charge is 0.489 e. The van der Waals surface area contributed by atoms with Crippen molar-refractivity contribution < 1.29 is 14.3 Å². The molecule has 1 atom stereocenters. The van der Waals surface area contributed by atoms with Gasteiger partial charge in [0.15, 0.2) is 0 Å². The lowest BCUT2D eigenvalue weighted by molar-refractivity contribution is 0.000424. The van der Waals surface area contributed by atoms with Crippen molar-refractivity contribution in [1.29, 1.82) is 0 Å². The Labute approximate surface area is 165 Å². The number of hydrogen-bond acceptors (Lipinski definition) is 4. The van der Waals surface area contributed by atoms with E-state index in [9.17, 15) is 4.79 Å². The molecule has 1 aliphatic rings. The van der Waals surface area contributed by atoms with Crippen molar-refractivity contribution in [3.8, 4) is 5.75 Å². The average molecular weight is 427 g/mol. The fourth-order valence-corrected chi connectivity index (χ4v) is 3.56. The highest BCUT2D eigenvalue weighted by Gasteiger charge is 2.31. The van der Waals surface area contributed by atoms with E-state index in [1.54, 1.807) is 0 Å². The van der Waals surface area contributed by atoms with E-state index in [2.05, 4.69) is 33.8 Å². The minimum Gasteiger partial charge on any atom is -0.489 e. The molecule has 2 rings (SSSR count). The summed E-state index contributed by atoms with van der Waals surface area (Å²) in [6.07, 6.45) is -0.105. The lowest BCUT2D eigenvalue weighted by Crippen LogP contribution is -2.54. The third-order valence-corrected chi connectivity index (χ3v) is 4.76. The first-order valence-electron chi connectivity index (χ1n) is 9.23. The normalized spacial score (nSPS) is 18.9. The summed E-state index contributed by atoms with van der Waals surface area (Å²) < 4.78 is 12.5. The maximum atomic E-state index is 12.4. The highest BCUT2D eigenvalue weighted by Crippen LogP contribution is 2.31. The van der Waals surface area contributed by atoms with Crippen LogP contribution in [0.1, 0.15) is 47.1 Å². The van der Waals surface area contributed by atoms with Crippen LogP contribution < -0.4 is 4.74 Å². The molecule has 1 unspecified atom stereocenters. The van der Waals surface area contributed by atoms with E-state index in [1.807, 2.05) is 51.7 Å². The molecule has 1 aromatic carbocycles.